The second-order valence-corrected chi connectivity index (χ2v) is 10.5. The Hall–Kier alpha value is -3.78. The van der Waals surface area contributed by atoms with Gasteiger partial charge in [-0.2, -0.15) is 0 Å². The molecule has 0 aromatic heterocycles. The van der Waals surface area contributed by atoms with Crippen molar-refractivity contribution in [3.05, 3.63) is 131 Å². The first-order chi connectivity index (χ1) is 18.2. The Morgan fingerprint density at radius 2 is 1.43 bits per heavy atom. The van der Waals surface area contributed by atoms with Crippen molar-refractivity contribution in [1.29, 1.82) is 0 Å². The van der Waals surface area contributed by atoms with Crippen LogP contribution in [-0.4, -0.2) is 13.1 Å². The van der Waals surface area contributed by atoms with Crippen molar-refractivity contribution in [1.82, 2.24) is 0 Å². The van der Waals surface area contributed by atoms with Gasteiger partial charge in [0.05, 0.1) is 0 Å². The number of anilines is 1. The highest BCUT2D eigenvalue weighted by molar-refractivity contribution is 6.01. The summed E-state index contributed by atoms with van der Waals surface area (Å²) in [4.78, 5) is 2.54. The number of allylic oxidation sites excluding steroid dienone is 1. The molecule has 4 aromatic rings. The lowest BCUT2D eigenvalue weighted by Gasteiger charge is -2.32. The van der Waals surface area contributed by atoms with Crippen LogP contribution in [0.3, 0.4) is 0 Å². The van der Waals surface area contributed by atoms with Crippen molar-refractivity contribution in [2.45, 2.75) is 39.2 Å². The molecule has 186 valence electrons. The predicted octanol–water partition coefficient (Wildman–Crippen LogP) is 8.41. The molecule has 2 aliphatic rings. The summed E-state index contributed by atoms with van der Waals surface area (Å²) in [7, 11) is 0. The van der Waals surface area contributed by atoms with E-state index < -0.39 is 0 Å². The molecule has 37 heavy (non-hydrogen) atoms. The predicted molar refractivity (Wildman–Crippen MR) is 155 cm³/mol. The number of nitrogens with zero attached hydrogens (tertiary/aromatic N) is 1. The maximum absolute atomic E-state index is 6.18. The van der Waals surface area contributed by atoms with Gasteiger partial charge in [-0.3, -0.25) is 0 Å². The first-order valence-electron chi connectivity index (χ1n) is 13.7. The standard InChI is InChI=1S/C35H35NO/c1-26-20-22-36(23-21-26)31-15-12-29(13-16-31)35-33(28-10-6-3-7-11-28)18-14-30-24-32(17-19-34(30)35)37-25-27-8-4-2-5-9-27/h2-13,15-17,19,24,26H,14,18,20-23,25H2,1H3. The molecule has 0 unspecified atom stereocenters. The normalized spacial score (nSPS) is 16.0. The highest BCUT2D eigenvalue weighted by Crippen LogP contribution is 2.42. The largest absolute Gasteiger partial charge is 0.489 e. The third kappa shape index (κ3) is 5.20. The Morgan fingerprint density at radius 3 is 2.16 bits per heavy atom. The van der Waals surface area contributed by atoms with Crippen LogP contribution in [0.2, 0.25) is 0 Å². The Balaban J connectivity index is 1.33. The Morgan fingerprint density at radius 1 is 0.730 bits per heavy atom. The second-order valence-electron chi connectivity index (χ2n) is 10.5. The van der Waals surface area contributed by atoms with Crippen molar-refractivity contribution in [2.75, 3.05) is 18.0 Å². The van der Waals surface area contributed by atoms with Gasteiger partial charge in [0.2, 0.25) is 0 Å². The van der Waals surface area contributed by atoms with Crippen molar-refractivity contribution in [2.24, 2.45) is 5.92 Å². The van der Waals surface area contributed by atoms with Crippen LogP contribution in [0, 0.1) is 5.92 Å². The minimum absolute atomic E-state index is 0.592. The SMILES string of the molecule is CC1CCN(c2ccc(C3=C(c4ccccc4)CCc4cc(OCc5ccccc5)ccc43)cc2)CC1. The van der Waals surface area contributed by atoms with Gasteiger partial charge in [0, 0.05) is 18.8 Å². The molecule has 0 radical (unpaired) electrons. The number of piperidine rings is 1. The fourth-order valence-corrected chi connectivity index (χ4v) is 5.76. The summed E-state index contributed by atoms with van der Waals surface area (Å²) in [6.45, 7) is 5.28. The minimum atomic E-state index is 0.592. The van der Waals surface area contributed by atoms with Gasteiger partial charge in [-0.05, 0) is 94.8 Å². The van der Waals surface area contributed by atoms with Gasteiger partial charge >= 0.3 is 0 Å². The molecule has 1 fully saturated rings. The van der Waals surface area contributed by atoms with E-state index >= 15 is 0 Å². The molecule has 0 atom stereocenters. The molecule has 6 rings (SSSR count). The molecule has 0 saturated carbocycles. The lowest BCUT2D eigenvalue weighted by molar-refractivity contribution is 0.306. The first-order valence-corrected chi connectivity index (χ1v) is 13.7. The molecule has 0 amide bonds. The van der Waals surface area contributed by atoms with Gasteiger partial charge < -0.3 is 9.64 Å². The van der Waals surface area contributed by atoms with E-state index in [4.69, 9.17) is 4.74 Å². The van der Waals surface area contributed by atoms with Gasteiger partial charge in [-0.25, -0.2) is 0 Å². The summed E-state index contributed by atoms with van der Waals surface area (Å²) in [6.07, 6.45) is 4.62. The van der Waals surface area contributed by atoms with Crippen molar-refractivity contribution >= 4 is 16.8 Å². The molecular formula is C35H35NO. The number of rotatable bonds is 6. The van der Waals surface area contributed by atoms with E-state index in [1.807, 2.05) is 6.07 Å². The number of aryl methyl sites for hydroxylation is 1. The molecule has 2 heteroatoms. The quantitative estimate of drug-likeness (QED) is 0.272. The summed E-state index contributed by atoms with van der Waals surface area (Å²) >= 11 is 0. The summed E-state index contributed by atoms with van der Waals surface area (Å²) < 4.78 is 6.18. The van der Waals surface area contributed by atoms with Crippen LogP contribution in [0.1, 0.15) is 54.0 Å². The average Bonchev–Trinajstić information content (AvgIpc) is 2.97. The fraction of sp³-hybridized carbons (Fsp3) is 0.257. The second kappa shape index (κ2) is 10.7. The lowest BCUT2D eigenvalue weighted by atomic mass is 9.79. The van der Waals surface area contributed by atoms with E-state index in [9.17, 15) is 0 Å². The number of ether oxygens (including phenoxy) is 1. The van der Waals surface area contributed by atoms with Crippen molar-refractivity contribution < 1.29 is 4.74 Å². The van der Waals surface area contributed by atoms with Crippen LogP contribution in [0.5, 0.6) is 5.75 Å². The number of benzene rings is 4. The Labute approximate surface area is 221 Å². The zero-order chi connectivity index (χ0) is 25.0. The Bertz CT molecular complexity index is 1360. The van der Waals surface area contributed by atoms with Gasteiger partial charge in [0.15, 0.2) is 0 Å². The van der Waals surface area contributed by atoms with Crippen LogP contribution in [0.4, 0.5) is 5.69 Å². The van der Waals surface area contributed by atoms with Crippen molar-refractivity contribution in [3.63, 3.8) is 0 Å². The molecule has 0 spiro atoms. The zero-order valence-electron chi connectivity index (χ0n) is 21.7. The van der Waals surface area contributed by atoms with Gasteiger partial charge in [0.25, 0.3) is 0 Å². The van der Waals surface area contributed by atoms with Gasteiger partial charge in [-0.15, -0.1) is 0 Å². The van der Waals surface area contributed by atoms with Crippen LogP contribution < -0.4 is 9.64 Å². The summed E-state index contributed by atoms with van der Waals surface area (Å²) in [5.41, 5.74) is 10.7. The molecule has 1 aliphatic carbocycles. The van der Waals surface area contributed by atoms with Crippen LogP contribution in [0.15, 0.2) is 103 Å². The van der Waals surface area contributed by atoms with E-state index in [1.54, 1.807) is 0 Å². The number of hydrogen-bond acceptors (Lipinski definition) is 2. The Kier molecular flexibility index (Phi) is 6.82. The monoisotopic (exact) mass is 485 g/mol. The lowest BCUT2D eigenvalue weighted by Crippen LogP contribution is -2.32. The van der Waals surface area contributed by atoms with E-state index in [2.05, 4.69) is 109 Å². The average molecular weight is 486 g/mol. The molecular weight excluding hydrogens is 450 g/mol. The highest BCUT2D eigenvalue weighted by atomic mass is 16.5. The summed E-state index contributed by atoms with van der Waals surface area (Å²) in [5.74, 6) is 1.79. The van der Waals surface area contributed by atoms with Crippen LogP contribution >= 0.6 is 0 Å². The number of fused-ring (bicyclic) bond motifs is 1. The third-order valence-electron chi connectivity index (χ3n) is 7.97. The molecule has 2 nitrogen and oxygen atoms in total. The van der Waals surface area contributed by atoms with E-state index in [0.29, 0.717) is 6.61 Å². The van der Waals surface area contributed by atoms with Crippen LogP contribution in [0.25, 0.3) is 11.1 Å². The van der Waals surface area contributed by atoms with Gasteiger partial charge in [-0.1, -0.05) is 85.8 Å². The summed E-state index contributed by atoms with van der Waals surface area (Å²) in [5, 5.41) is 0. The summed E-state index contributed by atoms with van der Waals surface area (Å²) in [6, 6.07) is 37.3. The molecule has 1 heterocycles. The van der Waals surface area contributed by atoms with Crippen molar-refractivity contribution in [3.8, 4) is 5.75 Å². The minimum Gasteiger partial charge on any atom is -0.489 e. The number of hydrogen-bond donors (Lipinski definition) is 0. The zero-order valence-corrected chi connectivity index (χ0v) is 21.7. The molecule has 0 N–H and O–H groups in total. The smallest absolute Gasteiger partial charge is 0.120 e. The topological polar surface area (TPSA) is 12.5 Å². The maximum atomic E-state index is 6.18. The maximum Gasteiger partial charge on any atom is 0.120 e. The van der Waals surface area contributed by atoms with Gasteiger partial charge in [0.1, 0.15) is 12.4 Å². The molecule has 1 saturated heterocycles. The molecule has 0 bridgehead atoms. The highest BCUT2D eigenvalue weighted by Gasteiger charge is 2.23. The molecule has 1 aliphatic heterocycles. The van der Waals surface area contributed by atoms with E-state index in [-0.39, 0.29) is 0 Å². The van der Waals surface area contributed by atoms with E-state index in [0.717, 1.165) is 37.6 Å². The first kappa shape index (κ1) is 23.6. The fourth-order valence-electron chi connectivity index (χ4n) is 5.76. The van der Waals surface area contributed by atoms with E-state index in [1.165, 1.54) is 57.5 Å². The van der Waals surface area contributed by atoms with Crippen LogP contribution in [-0.2, 0) is 13.0 Å². The third-order valence-corrected chi connectivity index (χ3v) is 7.97. The molecule has 4 aromatic carbocycles.